The van der Waals surface area contributed by atoms with Crippen LogP contribution < -0.4 is 10.1 Å². The number of carbonyl (C=O) groups is 1. The highest BCUT2D eigenvalue weighted by molar-refractivity contribution is 5.77. The van der Waals surface area contributed by atoms with Crippen molar-refractivity contribution in [3.63, 3.8) is 0 Å². The number of non-ortho nitro benzene ring substituents is 1. The lowest BCUT2D eigenvalue weighted by Crippen LogP contribution is -2.45. The predicted octanol–water partition coefficient (Wildman–Crippen LogP) is 1.18. The average Bonchev–Trinajstić information content (AvgIpc) is 2.53. The third kappa shape index (κ3) is 4.16. The number of rotatable bonds is 5. The molecule has 0 aromatic heterocycles. The van der Waals surface area contributed by atoms with Gasteiger partial charge in [0.25, 0.3) is 11.6 Å². The quantitative estimate of drug-likeness (QED) is 0.651. The number of hydrogen-bond donors (Lipinski definition) is 1. The van der Waals surface area contributed by atoms with Crippen LogP contribution in [0.3, 0.4) is 0 Å². The van der Waals surface area contributed by atoms with Crippen molar-refractivity contribution in [2.75, 3.05) is 26.7 Å². The first-order chi connectivity index (χ1) is 10.1. The molecule has 7 nitrogen and oxygen atoms in total. The van der Waals surface area contributed by atoms with Crippen molar-refractivity contribution in [1.82, 2.24) is 10.2 Å². The number of benzene rings is 1. The van der Waals surface area contributed by atoms with Gasteiger partial charge in [0.1, 0.15) is 5.75 Å². The highest BCUT2D eigenvalue weighted by Gasteiger charge is 2.21. The van der Waals surface area contributed by atoms with E-state index in [1.807, 2.05) is 7.05 Å². The number of nitro benzene ring substituents is 1. The molecule has 114 valence electrons. The Kier molecular flexibility index (Phi) is 5.10. The minimum atomic E-state index is -0.471. The molecule has 0 radical (unpaired) electrons. The SMILES string of the molecule is CNC1CCN(C(=O)COc2ccc([N+](=O)[O-])cc2)CC1. The van der Waals surface area contributed by atoms with Gasteiger partial charge in [0, 0.05) is 31.3 Å². The van der Waals surface area contributed by atoms with Crippen LogP contribution >= 0.6 is 0 Å². The molecule has 1 aromatic rings. The smallest absolute Gasteiger partial charge is 0.269 e. The summed E-state index contributed by atoms with van der Waals surface area (Å²) in [6, 6.07) is 6.19. The monoisotopic (exact) mass is 293 g/mol. The van der Waals surface area contributed by atoms with Crippen LogP contribution in [0, 0.1) is 10.1 Å². The van der Waals surface area contributed by atoms with Crippen molar-refractivity contribution in [3.05, 3.63) is 34.4 Å². The van der Waals surface area contributed by atoms with E-state index in [1.165, 1.54) is 24.3 Å². The standard InChI is InChI=1S/C14H19N3O4/c1-15-11-6-8-16(9-7-11)14(18)10-21-13-4-2-12(3-5-13)17(19)20/h2-5,11,15H,6-10H2,1H3. The molecular weight excluding hydrogens is 274 g/mol. The summed E-state index contributed by atoms with van der Waals surface area (Å²) in [5.41, 5.74) is 0.00261. The van der Waals surface area contributed by atoms with Crippen molar-refractivity contribution in [2.45, 2.75) is 18.9 Å². The molecule has 1 amide bonds. The fourth-order valence-corrected chi connectivity index (χ4v) is 2.32. The van der Waals surface area contributed by atoms with Crippen LogP contribution in [0.4, 0.5) is 5.69 Å². The summed E-state index contributed by atoms with van der Waals surface area (Å²) >= 11 is 0. The van der Waals surface area contributed by atoms with Crippen LogP contribution in [0.25, 0.3) is 0 Å². The highest BCUT2D eigenvalue weighted by atomic mass is 16.6. The molecule has 1 saturated heterocycles. The van der Waals surface area contributed by atoms with Gasteiger partial charge in [-0.3, -0.25) is 14.9 Å². The van der Waals surface area contributed by atoms with Gasteiger partial charge >= 0.3 is 0 Å². The van der Waals surface area contributed by atoms with Gasteiger partial charge in [-0.2, -0.15) is 0 Å². The Morgan fingerprint density at radius 2 is 2.00 bits per heavy atom. The molecule has 1 aromatic carbocycles. The Bertz CT molecular complexity index is 495. The molecule has 1 fully saturated rings. The number of ether oxygens (including phenoxy) is 1. The van der Waals surface area contributed by atoms with Crippen molar-refractivity contribution >= 4 is 11.6 Å². The van der Waals surface area contributed by atoms with E-state index in [0.29, 0.717) is 11.8 Å². The second kappa shape index (κ2) is 7.03. The fourth-order valence-electron chi connectivity index (χ4n) is 2.32. The van der Waals surface area contributed by atoms with E-state index in [-0.39, 0.29) is 18.2 Å². The molecule has 0 bridgehead atoms. The van der Waals surface area contributed by atoms with Crippen LogP contribution in [-0.2, 0) is 4.79 Å². The van der Waals surface area contributed by atoms with Crippen molar-refractivity contribution in [2.24, 2.45) is 0 Å². The number of nitro groups is 1. The van der Waals surface area contributed by atoms with Crippen LogP contribution in [0.5, 0.6) is 5.75 Å². The maximum absolute atomic E-state index is 12.0. The second-order valence-electron chi connectivity index (χ2n) is 4.98. The summed E-state index contributed by atoms with van der Waals surface area (Å²) in [5.74, 6) is 0.405. The molecular formula is C14H19N3O4. The minimum absolute atomic E-state index is 0.00261. The molecule has 2 rings (SSSR count). The van der Waals surface area contributed by atoms with Crippen LogP contribution in [0.2, 0.25) is 0 Å². The van der Waals surface area contributed by atoms with Gasteiger partial charge in [0.2, 0.25) is 0 Å². The summed E-state index contributed by atoms with van der Waals surface area (Å²) in [6.45, 7) is 1.42. The summed E-state index contributed by atoms with van der Waals surface area (Å²) in [6.07, 6.45) is 1.89. The molecule has 0 atom stereocenters. The Balaban J connectivity index is 1.80. The van der Waals surface area contributed by atoms with Gasteiger partial charge in [-0.1, -0.05) is 0 Å². The Hall–Kier alpha value is -2.15. The van der Waals surface area contributed by atoms with Crippen LogP contribution in [0.15, 0.2) is 24.3 Å². The van der Waals surface area contributed by atoms with Crippen molar-refractivity contribution < 1.29 is 14.5 Å². The lowest BCUT2D eigenvalue weighted by Gasteiger charge is -2.31. The number of likely N-dealkylation sites (tertiary alicyclic amines) is 1. The zero-order chi connectivity index (χ0) is 15.2. The minimum Gasteiger partial charge on any atom is -0.484 e. The molecule has 1 aliphatic rings. The zero-order valence-electron chi connectivity index (χ0n) is 11.9. The maximum atomic E-state index is 12.0. The van der Waals surface area contributed by atoms with E-state index in [9.17, 15) is 14.9 Å². The van der Waals surface area contributed by atoms with E-state index in [0.717, 1.165) is 25.9 Å². The van der Waals surface area contributed by atoms with Gasteiger partial charge in [-0.15, -0.1) is 0 Å². The van der Waals surface area contributed by atoms with Crippen molar-refractivity contribution in [1.29, 1.82) is 0 Å². The topological polar surface area (TPSA) is 84.7 Å². The van der Waals surface area contributed by atoms with E-state index < -0.39 is 4.92 Å². The lowest BCUT2D eigenvalue weighted by molar-refractivity contribution is -0.384. The first-order valence-corrected chi connectivity index (χ1v) is 6.92. The molecule has 1 heterocycles. The highest BCUT2D eigenvalue weighted by Crippen LogP contribution is 2.17. The number of amides is 1. The average molecular weight is 293 g/mol. The van der Waals surface area contributed by atoms with E-state index >= 15 is 0 Å². The Morgan fingerprint density at radius 1 is 1.38 bits per heavy atom. The normalized spacial score (nSPS) is 15.8. The van der Waals surface area contributed by atoms with Gasteiger partial charge in [0.05, 0.1) is 4.92 Å². The second-order valence-corrected chi connectivity index (χ2v) is 4.98. The Labute approximate surface area is 123 Å². The molecule has 0 spiro atoms. The third-order valence-corrected chi connectivity index (χ3v) is 3.67. The molecule has 1 aliphatic heterocycles. The number of hydrogen-bond acceptors (Lipinski definition) is 5. The lowest BCUT2D eigenvalue weighted by atomic mass is 10.1. The number of piperidine rings is 1. The molecule has 7 heteroatoms. The Morgan fingerprint density at radius 3 is 2.52 bits per heavy atom. The summed E-state index contributed by atoms with van der Waals surface area (Å²) in [5, 5.41) is 13.7. The van der Waals surface area contributed by atoms with Gasteiger partial charge < -0.3 is 15.0 Å². The van der Waals surface area contributed by atoms with E-state index in [1.54, 1.807) is 4.90 Å². The first kappa shape index (κ1) is 15.2. The summed E-state index contributed by atoms with van der Waals surface area (Å²) in [7, 11) is 1.93. The van der Waals surface area contributed by atoms with Crippen molar-refractivity contribution in [3.8, 4) is 5.75 Å². The van der Waals surface area contributed by atoms with Crippen LogP contribution in [0.1, 0.15) is 12.8 Å². The largest absolute Gasteiger partial charge is 0.484 e. The molecule has 0 saturated carbocycles. The van der Waals surface area contributed by atoms with Gasteiger partial charge in [-0.25, -0.2) is 0 Å². The third-order valence-electron chi connectivity index (χ3n) is 3.67. The van der Waals surface area contributed by atoms with Gasteiger partial charge in [0.15, 0.2) is 6.61 Å². The first-order valence-electron chi connectivity index (χ1n) is 6.92. The molecule has 0 unspecified atom stereocenters. The summed E-state index contributed by atoms with van der Waals surface area (Å²) < 4.78 is 5.38. The molecule has 0 aliphatic carbocycles. The van der Waals surface area contributed by atoms with E-state index in [4.69, 9.17) is 4.74 Å². The maximum Gasteiger partial charge on any atom is 0.269 e. The zero-order valence-corrected chi connectivity index (χ0v) is 11.9. The predicted molar refractivity (Wildman–Crippen MR) is 77.3 cm³/mol. The number of nitrogens with one attached hydrogen (secondary N) is 1. The molecule has 1 N–H and O–H groups in total. The van der Waals surface area contributed by atoms with Crippen LogP contribution in [-0.4, -0.2) is 48.5 Å². The van der Waals surface area contributed by atoms with E-state index in [2.05, 4.69) is 5.32 Å². The summed E-state index contributed by atoms with van der Waals surface area (Å²) in [4.78, 5) is 23.9. The number of nitrogens with zero attached hydrogens (tertiary/aromatic N) is 2. The fraction of sp³-hybridized carbons (Fsp3) is 0.500. The van der Waals surface area contributed by atoms with Gasteiger partial charge in [-0.05, 0) is 32.0 Å². The number of carbonyl (C=O) groups excluding carboxylic acids is 1. The molecule has 21 heavy (non-hydrogen) atoms.